The molecule has 0 aliphatic rings. The van der Waals surface area contributed by atoms with Crippen LogP contribution in [0.3, 0.4) is 0 Å². The normalized spacial score (nSPS) is 12.6. The van der Waals surface area contributed by atoms with Crippen molar-refractivity contribution in [1.82, 2.24) is 0 Å². The van der Waals surface area contributed by atoms with Crippen LogP contribution >= 0.6 is 0 Å². The second-order valence-electron chi connectivity index (χ2n) is 7.59. The third-order valence-electron chi connectivity index (χ3n) is 4.95. The van der Waals surface area contributed by atoms with Crippen LogP contribution in [-0.4, -0.2) is 0 Å². The molecule has 0 fully saturated rings. The topological polar surface area (TPSA) is 70.5 Å². The Morgan fingerprint density at radius 3 is 1.12 bits per heavy atom. The van der Waals surface area contributed by atoms with Crippen molar-refractivity contribution in [2.24, 2.45) is 0 Å². The highest BCUT2D eigenvalue weighted by Gasteiger charge is 2.45. The average molecular weight is 622 g/mol. The monoisotopic (exact) mass is 622 g/mol. The average Bonchev–Trinajstić information content (AvgIpc) is 2.78. The summed E-state index contributed by atoms with van der Waals surface area (Å²) in [6, 6.07) is -1.13. The molecular weight excluding hydrogens is 616 g/mol. The lowest BCUT2D eigenvalue weighted by atomic mass is 10.1. The third-order valence-corrected chi connectivity index (χ3v) is 4.95. The molecule has 0 saturated carbocycles. The minimum absolute atomic E-state index is 0.533. The number of anilines is 2. The van der Waals surface area contributed by atoms with E-state index in [0.29, 0.717) is 0 Å². The molecular formula is C21H6F16N2O2. The summed E-state index contributed by atoms with van der Waals surface area (Å²) in [5.74, 6) is -28.0. The summed E-state index contributed by atoms with van der Waals surface area (Å²) in [6.45, 7) is 0. The van der Waals surface area contributed by atoms with Gasteiger partial charge in [-0.3, -0.25) is 0 Å². The number of hydrogen-bond acceptors (Lipinski definition) is 4. The number of alkyl halides is 9. The fraction of sp³-hybridized carbons (Fsp3) is 0.143. The Morgan fingerprint density at radius 1 is 0.439 bits per heavy atom. The molecule has 0 amide bonds. The lowest BCUT2D eigenvalue weighted by Gasteiger charge is -2.20. The lowest BCUT2D eigenvalue weighted by molar-refractivity contribution is -0.142. The fourth-order valence-electron chi connectivity index (χ4n) is 3.25. The van der Waals surface area contributed by atoms with E-state index in [1.54, 1.807) is 0 Å². The molecule has 0 spiro atoms. The largest absolute Gasteiger partial charge is 0.450 e. The van der Waals surface area contributed by atoms with Gasteiger partial charge in [-0.1, -0.05) is 0 Å². The maximum Gasteiger partial charge on any atom is 0.423 e. The van der Waals surface area contributed by atoms with Gasteiger partial charge in [0.25, 0.3) is 0 Å². The van der Waals surface area contributed by atoms with Gasteiger partial charge in [0, 0.05) is 12.1 Å². The first-order valence-electron chi connectivity index (χ1n) is 9.82. The number of ether oxygens (including phenoxy) is 2. The van der Waals surface area contributed by atoms with Crippen molar-refractivity contribution in [2.45, 2.75) is 18.5 Å². The van der Waals surface area contributed by atoms with Gasteiger partial charge in [-0.15, -0.1) is 0 Å². The highest BCUT2D eigenvalue weighted by molar-refractivity contribution is 5.59. The Labute approximate surface area is 214 Å². The van der Waals surface area contributed by atoms with Crippen molar-refractivity contribution in [2.75, 3.05) is 11.5 Å². The van der Waals surface area contributed by atoms with Crippen LogP contribution in [0.25, 0.3) is 0 Å². The molecule has 0 heterocycles. The summed E-state index contributed by atoms with van der Waals surface area (Å²) < 4.78 is 227. The first-order valence-corrected chi connectivity index (χ1v) is 9.82. The smallest absolute Gasteiger partial charge is 0.423 e. The van der Waals surface area contributed by atoms with Crippen LogP contribution < -0.4 is 20.9 Å². The lowest BCUT2D eigenvalue weighted by Crippen LogP contribution is -2.17. The molecule has 3 aromatic rings. The van der Waals surface area contributed by atoms with Crippen LogP contribution in [0.15, 0.2) is 12.1 Å². The molecule has 0 aliphatic carbocycles. The summed E-state index contributed by atoms with van der Waals surface area (Å²) >= 11 is 0. The Hall–Kier alpha value is -4.26. The van der Waals surface area contributed by atoms with E-state index < -0.39 is 122 Å². The number of nitrogen functional groups attached to an aromatic ring is 2. The second kappa shape index (κ2) is 9.98. The first kappa shape index (κ1) is 31.3. The molecule has 0 bridgehead atoms. The maximum atomic E-state index is 15.1. The van der Waals surface area contributed by atoms with E-state index >= 15 is 4.39 Å². The number of halogens is 16. The molecule has 0 atom stereocenters. The molecule has 0 aromatic heterocycles. The Kier molecular flexibility index (Phi) is 7.61. The van der Waals surface area contributed by atoms with E-state index in [1.165, 1.54) is 0 Å². The summed E-state index contributed by atoms with van der Waals surface area (Å²) in [5, 5.41) is 0. The molecule has 0 aliphatic heterocycles. The zero-order chi connectivity index (χ0) is 31.6. The van der Waals surface area contributed by atoms with E-state index in [-0.39, 0.29) is 0 Å². The van der Waals surface area contributed by atoms with Gasteiger partial charge in [-0.25, -0.2) is 22.0 Å². The van der Waals surface area contributed by atoms with Crippen LogP contribution in [0, 0.1) is 40.7 Å². The van der Waals surface area contributed by atoms with E-state index in [2.05, 4.69) is 9.47 Å². The van der Waals surface area contributed by atoms with Crippen LogP contribution in [0.2, 0.25) is 0 Å². The summed E-state index contributed by atoms with van der Waals surface area (Å²) in [6.07, 6.45) is -17.5. The number of rotatable bonds is 4. The van der Waals surface area contributed by atoms with Crippen molar-refractivity contribution in [3.05, 3.63) is 69.5 Å². The Morgan fingerprint density at radius 2 is 0.780 bits per heavy atom. The maximum absolute atomic E-state index is 15.1. The number of nitrogens with two attached hydrogens (primary N) is 2. The predicted octanol–water partition coefficient (Wildman–Crippen LogP) is 8.47. The Balaban J connectivity index is 2.29. The molecule has 0 radical (unpaired) electrons. The van der Waals surface area contributed by atoms with Gasteiger partial charge in [-0.05, 0) is 0 Å². The van der Waals surface area contributed by atoms with Crippen molar-refractivity contribution >= 4 is 11.4 Å². The summed E-state index contributed by atoms with van der Waals surface area (Å²) in [7, 11) is 0. The van der Waals surface area contributed by atoms with Crippen LogP contribution in [0.4, 0.5) is 81.6 Å². The zero-order valence-electron chi connectivity index (χ0n) is 18.7. The predicted molar refractivity (Wildman–Crippen MR) is 103 cm³/mol. The molecule has 4 nitrogen and oxygen atoms in total. The highest BCUT2D eigenvalue weighted by atomic mass is 19.4. The summed E-state index contributed by atoms with van der Waals surface area (Å²) in [4.78, 5) is 0. The first-order chi connectivity index (χ1) is 18.5. The van der Waals surface area contributed by atoms with Gasteiger partial charge >= 0.3 is 18.5 Å². The van der Waals surface area contributed by atoms with Gasteiger partial charge in [-0.2, -0.15) is 48.3 Å². The number of benzene rings is 3. The molecule has 0 unspecified atom stereocenters. The van der Waals surface area contributed by atoms with Crippen molar-refractivity contribution in [3.63, 3.8) is 0 Å². The quantitative estimate of drug-likeness (QED) is 0.174. The van der Waals surface area contributed by atoms with E-state index in [1.807, 2.05) is 0 Å². The van der Waals surface area contributed by atoms with E-state index in [0.717, 1.165) is 0 Å². The van der Waals surface area contributed by atoms with Gasteiger partial charge in [0.2, 0.25) is 17.4 Å². The van der Waals surface area contributed by atoms with Gasteiger partial charge in [0.15, 0.2) is 34.7 Å². The molecule has 3 rings (SSSR count). The molecule has 3 aromatic carbocycles. The second-order valence-corrected chi connectivity index (χ2v) is 7.59. The number of hydrogen-bond donors (Lipinski definition) is 2. The molecule has 20 heteroatoms. The van der Waals surface area contributed by atoms with Crippen LogP contribution in [0.1, 0.15) is 16.7 Å². The zero-order valence-corrected chi connectivity index (χ0v) is 18.7. The van der Waals surface area contributed by atoms with Gasteiger partial charge in [0.05, 0.1) is 11.4 Å². The standard InChI is InChI=1S/C21H6F16N2O2/c22-3-1-5(10(24)15(38)7(3)19(29,30)31)40-17-9(21(35,36)37)12(26)13(27)18(14(17)28)41-6-2-4(23)8(20(32,33)34)16(39)11(6)25/h1-2H,38-39H2. The van der Waals surface area contributed by atoms with E-state index in [9.17, 15) is 65.9 Å². The van der Waals surface area contributed by atoms with Crippen molar-refractivity contribution in [3.8, 4) is 23.0 Å². The van der Waals surface area contributed by atoms with E-state index in [4.69, 9.17) is 11.5 Å². The molecule has 224 valence electrons. The molecule has 0 saturated heterocycles. The highest BCUT2D eigenvalue weighted by Crippen LogP contribution is 2.49. The fourth-order valence-corrected chi connectivity index (χ4v) is 3.25. The minimum Gasteiger partial charge on any atom is -0.450 e. The Bertz CT molecular complexity index is 1540. The summed E-state index contributed by atoms with van der Waals surface area (Å²) in [5.41, 5.74) is -2.58. The van der Waals surface area contributed by atoms with Crippen LogP contribution in [-0.2, 0) is 18.5 Å². The SMILES string of the molecule is Nc1c(F)c(Oc2c(F)c(F)c(C(F)(F)F)c(Oc3cc(F)c(C(F)(F)F)c(N)c3F)c2F)cc(F)c1C(F)(F)F. The third kappa shape index (κ3) is 5.53. The molecule has 41 heavy (non-hydrogen) atoms. The minimum atomic E-state index is -6.16. The van der Waals surface area contributed by atoms with Crippen LogP contribution in [0.5, 0.6) is 23.0 Å². The molecule has 4 N–H and O–H groups in total. The van der Waals surface area contributed by atoms with Gasteiger partial charge in [0.1, 0.15) is 28.3 Å². The van der Waals surface area contributed by atoms with Crippen molar-refractivity contribution in [1.29, 1.82) is 0 Å². The van der Waals surface area contributed by atoms with Crippen molar-refractivity contribution < 1.29 is 79.7 Å². The van der Waals surface area contributed by atoms with Gasteiger partial charge < -0.3 is 20.9 Å².